The van der Waals surface area contributed by atoms with E-state index in [1.807, 2.05) is 0 Å². The molecule has 0 aromatic heterocycles. The molecular weight excluding hydrogens is 409 g/mol. The first kappa shape index (κ1) is 22.6. The smallest absolute Gasteiger partial charge is 0.217 e. The quantitative estimate of drug-likeness (QED) is 0.746. The van der Waals surface area contributed by atoms with Gasteiger partial charge in [-0.2, -0.15) is 0 Å². The van der Waals surface area contributed by atoms with Gasteiger partial charge in [0.05, 0.1) is 25.9 Å². The predicted octanol–water partition coefficient (Wildman–Crippen LogP) is 3.30. The van der Waals surface area contributed by atoms with Crippen LogP contribution < -0.4 is 15.0 Å². The third-order valence-corrected chi connectivity index (χ3v) is 6.56. The number of amides is 1. The molecule has 2 fully saturated rings. The molecule has 0 bridgehead atoms. The van der Waals surface area contributed by atoms with Gasteiger partial charge < -0.3 is 19.7 Å². The average molecular weight is 442 g/mol. The molecule has 2 aromatic carbocycles. The molecule has 2 aromatic rings. The second-order valence-electron chi connectivity index (χ2n) is 8.64. The van der Waals surface area contributed by atoms with Crippen molar-refractivity contribution in [1.82, 2.24) is 10.2 Å². The van der Waals surface area contributed by atoms with Crippen LogP contribution >= 0.6 is 0 Å². The van der Waals surface area contributed by atoms with Crippen LogP contribution in [0, 0.1) is 5.82 Å². The molecule has 0 spiro atoms. The molecule has 2 aliphatic heterocycles. The van der Waals surface area contributed by atoms with Crippen LogP contribution in [0.5, 0.6) is 5.75 Å². The highest BCUT2D eigenvalue weighted by atomic mass is 19.1. The SMILES string of the molecule is COc1cc(N2CCOCC2)ccc1CN1CCC(NC(C)=O)(c2ccc(F)cc2)CC1. The molecule has 0 aliphatic carbocycles. The molecule has 1 amide bonds. The number of carbonyl (C=O) groups excluding carboxylic acids is 1. The Balaban J connectivity index is 1.45. The molecule has 2 heterocycles. The van der Waals surface area contributed by atoms with E-state index in [2.05, 4.69) is 33.3 Å². The van der Waals surface area contributed by atoms with Crippen LogP contribution in [0.1, 0.15) is 30.9 Å². The van der Waals surface area contributed by atoms with E-state index in [9.17, 15) is 9.18 Å². The Labute approximate surface area is 189 Å². The van der Waals surface area contributed by atoms with E-state index in [-0.39, 0.29) is 11.7 Å². The lowest BCUT2D eigenvalue weighted by molar-refractivity contribution is -0.121. The summed E-state index contributed by atoms with van der Waals surface area (Å²) in [6.45, 7) is 7.26. The van der Waals surface area contributed by atoms with Gasteiger partial charge in [-0.25, -0.2) is 4.39 Å². The van der Waals surface area contributed by atoms with Crippen molar-refractivity contribution in [2.24, 2.45) is 0 Å². The Morgan fingerprint density at radius 3 is 2.41 bits per heavy atom. The van der Waals surface area contributed by atoms with Crippen LogP contribution in [0.15, 0.2) is 42.5 Å². The van der Waals surface area contributed by atoms with Gasteiger partial charge >= 0.3 is 0 Å². The minimum Gasteiger partial charge on any atom is -0.496 e. The Kier molecular flexibility index (Phi) is 6.96. The lowest BCUT2D eigenvalue weighted by atomic mass is 9.80. The summed E-state index contributed by atoms with van der Waals surface area (Å²) in [5.74, 6) is 0.561. The summed E-state index contributed by atoms with van der Waals surface area (Å²) in [5.41, 5.74) is 2.81. The normalized spacial score (nSPS) is 18.9. The van der Waals surface area contributed by atoms with Crippen molar-refractivity contribution in [3.63, 3.8) is 0 Å². The van der Waals surface area contributed by atoms with Gasteiger partial charge in [-0.3, -0.25) is 9.69 Å². The number of piperidine rings is 1. The van der Waals surface area contributed by atoms with Crippen LogP contribution in [-0.2, 0) is 21.6 Å². The fourth-order valence-corrected chi connectivity index (χ4v) is 4.81. The predicted molar refractivity (Wildman–Crippen MR) is 122 cm³/mol. The fraction of sp³-hybridized carbons (Fsp3) is 0.480. The zero-order valence-electron chi connectivity index (χ0n) is 18.9. The summed E-state index contributed by atoms with van der Waals surface area (Å²) in [7, 11) is 1.72. The van der Waals surface area contributed by atoms with E-state index in [1.54, 1.807) is 26.2 Å². The molecule has 2 aliphatic rings. The van der Waals surface area contributed by atoms with E-state index < -0.39 is 5.54 Å². The van der Waals surface area contributed by atoms with Crippen LogP contribution in [0.2, 0.25) is 0 Å². The van der Waals surface area contributed by atoms with E-state index in [0.717, 1.165) is 81.3 Å². The van der Waals surface area contributed by atoms with Crippen molar-refractivity contribution in [2.75, 3.05) is 51.4 Å². The molecule has 4 rings (SSSR count). The lowest BCUT2D eigenvalue weighted by Gasteiger charge is -2.43. The van der Waals surface area contributed by atoms with Gasteiger partial charge in [0.1, 0.15) is 11.6 Å². The highest BCUT2D eigenvalue weighted by Gasteiger charge is 2.37. The number of halogens is 1. The minimum atomic E-state index is -0.458. The zero-order chi connectivity index (χ0) is 22.6. The van der Waals surface area contributed by atoms with Crippen LogP contribution in [-0.4, -0.2) is 57.3 Å². The van der Waals surface area contributed by atoms with Crippen LogP contribution in [0.4, 0.5) is 10.1 Å². The molecule has 7 heteroatoms. The maximum absolute atomic E-state index is 13.4. The number of anilines is 1. The van der Waals surface area contributed by atoms with Gasteiger partial charge in [0.2, 0.25) is 5.91 Å². The zero-order valence-corrected chi connectivity index (χ0v) is 18.9. The van der Waals surface area contributed by atoms with Gasteiger partial charge in [-0.1, -0.05) is 18.2 Å². The number of nitrogens with one attached hydrogen (secondary N) is 1. The van der Waals surface area contributed by atoms with Gasteiger partial charge in [0, 0.05) is 57.0 Å². The molecule has 172 valence electrons. The Morgan fingerprint density at radius 2 is 1.78 bits per heavy atom. The van der Waals surface area contributed by atoms with Crippen LogP contribution in [0.25, 0.3) is 0 Å². The van der Waals surface area contributed by atoms with Crippen molar-refractivity contribution in [2.45, 2.75) is 31.8 Å². The van der Waals surface area contributed by atoms with Crippen molar-refractivity contribution < 1.29 is 18.7 Å². The second kappa shape index (κ2) is 9.88. The molecule has 0 saturated carbocycles. The minimum absolute atomic E-state index is 0.0665. The number of hydrogen-bond donors (Lipinski definition) is 1. The molecule has 2 saturated heterocycles. The van der Waals surface area contributed by atoms with Gasteiger partial charge in [0.15, 0.2) is 0 Å². The second-order valence-corrected chi connectivity index (χ2v) is 8.64. The number of carbonyl (C=O) groups is 1. The summed E-state index contributed by atoms with van der Waals surface area (Å²) in [6, 6.07) is 12.9. The third kappa shape index (κ3) is 5.05. The lowest BCUT2D eigenvalue weighted by Crippen LogP contribution is -2.52. The van der Waals surface area contributed by atoms with E-state index in [0.29, 0.717) is 0 Å². The van der Waals surface area contributed by atoms with E-state index in [4.69, 9.17) is 9.47 Å². The number of morpholine rings is 1. The highest BCUT2D eigenvalue weighted by molar-refractivity contribution is 5.74. The Bertz CT molecular complexity index is 921. The molecular formula is C25H32FN3O3. The molecule has 0 atom stereocenters. The summed E-state index contributed by atoms with van der Waals surface area (Å²) in [6.07, 6.45) is 1.54. The molecule has 32 heavy (non-hydrogen) atoms. The summed E-state index contributed by atoms with van der Waals surface area (Å²) >= 11 is 0. The fourth-order valence-electron chi connectivity index (χ4n) is 4.81. The average Bonchev–Trinajstić information content (AvgIpc) is 2.81. The number of ether oxygens (including phenoxy) is 2. The highest BCUT2D eigenvalue weighted by Crippen LogP contribution is 2.35. The standard InChI is InChI=1S/C25H32FN3O3/c1-19(30)27-25(21-4-6-22(26)7-5-21)9-11-28(12-10-25)18-20-3-8-23(17-24(20)31-2)29-13-15-32-16-14-29/h3-8,17H,9-16,18H2,1-2H3,(H,27,30). The third-order valence-electron chi connectivity index (χ3n) is 6.56. The van der Waals surface area contributed by atoms with Crippen molar-refractivity contribution in [3.05, 3.63) is 59.4 Å². The van der Waals surface area contributed by atoms with E-state index >= 15 is 0 Å². The van der Waals surface area contributed by atoms with Gasteiger partial charge in [0.25, 0.3) is 0 Å². The number of nitrogens with zero attached hydrogens (tertiary/aromatic N) is 2. The van der Waals surface area contributed by atoms with E-state index in [1.165, 1.54) is 12.1 Å². The first-order valence-electron chi connectivity index (χ1n) is 11.3. The molecule has 6 nitrogen and oxygen atoms in total. The largest absolute Gasteiger partial charge is 0.496 e. The number of likely N-dealkylation sites (tertiary alicyclic amines) is 1. The maximum Gasteiger partial charge on any atom is 0.217 e. The number of rotatable bonds is 6. The van der Waals surface area contributed by atoms with Crippen molar-refractivity contribution in [3.8, 4) is 5.75 Å². The van der Waals surface area contributed by atoms with Gasteiger partial charge in [-0.15, -0.1) is 0 Å². The molecule has 0 radical (unpaired) electrons. The molecule has 1 N–H and O–H groups in total. The Hall–Kier alpha value is -2.64. The topological polar surface area (TPSA) is 54.0 Å². The first-order valence-corrected chi connectivity index (χ1v) is 11.3. The summed E-state index contributed by atoms with van der Waals surface area (Å²) < 4.78 is 24.6. The number of benzene rings is 2. The van der Waals surface area contributed by atoms with Crippen molar-refractivity contribution in [1.29, 1.82) is 0 Å². The van der Waals surface area contributed by atoms with Crippen LogP contribution in [0.3, 0.4) is 0 Å². The monoisotopic (exact) mass is 441 g/mol. The summed E-state index contributed by atoms with van der Waals surface area (Å²) in [4.78, 5) is 16.7. The number of methoxy groups -OCH3 is 1. The summed E-state index contributed by atoms with van der Waals surface area (Å²) in [5, 5.41) is 3.15. The van der Waals surface area contributed by atoms with Crippen molar-refractivity contribution >= 4 is 11.6 Å². The Morgan fingerprint density at radius 1 is 1.09 bits per heavy atom. The molecule has 0 unspecified atom stereocenters. The maximum atomic E-state index is 13.4. The van der Waals surface area contributed by atoms with Gasteiger partial charge in [-0.05, 0) is 36.6 Å². The first-order chi connectivity index (χ1) is 15.5. The number of hydrogen-bond acceptors (Lipinski definition) is 5.